The molecular weight excluding hydrogens is 74.1 g/mol. The van der Waals surface area contributed by atoms with Gasteiger partial charge in [-0.1, -0.05) is 6.37 Å². The van der Waals surface area contributed by atoms with Gasteiger partial charge in [-0.25, -0.2) is 0 Å². The van der Waals surface area contributed by atoms with Gasteiger partial charge in [0.1, 0.15) is 0 Å². The van der Waals surface area contributed by atoms with E-state index < -0.39 is 32.1 Å². The molecule has 0 unspecified atom stereocenters. The highest BCUT2D eigenvalue weighted by Gasteiger charge is 1.93. The fourth-order valence-electron chi connectivity index (χ4n) is 0.188. The summed E-state index contributed by atoms with van der Waals surface area (Å²) in [5.41, 5.74) is 0. The lowest BCUT2D eigenvalue weighted by Gasteiger charge is -2.08. The molecule has 0 aromatic rings. The predicted octanol–water partition coefficient (Wildman–Crippen LogP) is 0.760. The van der Waals surface area contributed by atoms with Crippen LogP contribution in [0.4, 0.5) is 0 Å². The van der Waals surface area contributed by atoms with E-state index in [1.807, 2.05) is 0 Å². The average Bonchev–Trinajstić information content (AvgIpc) is 1.98. The summed E-state index contributed by atoms with van der Waals surface area (Å²) in [6.07, 6.45) is -9.71. The summed E-state index contributed by atoms with van der Waals surface area (Å²) in [5.74, 6) is 0. The van der Waals surface area contributed by atoms with E-state index in [1.165, 1.54) is 0 Å². The average molecular weight is 95.2 g/mol. The first kappa shape index (κ1) is 0.576. The maximum absolute atomic E-state index is 7.34. The normalized spacial score (nSPS) is 90.7. The number of nitrogens with one attached hydrogen (secondary N) is 1. The van der Waals surface area contributed by atoms with Gasteiger partial charge in [-0.2, -0.15) is 0 Å². The molecule has 1 aliphatic heterocycles. The summed E-state index contributed by atoms with van der Waals surface area (Å²) in [4.78, 5) is 0. The van der Waals surface area contributed by atoms with Gasteiger partial charge in [-0.15, -0.1) is 0 Å². The van der Waals surface area contributed by atoms with Crippen LogP contribution in [0.15, 0.2) is 0 Å². The lowest BCUT2D eigenvalue weighted by Crippen LogP contribution is -2.21. The minimum atomic E-state index is -3.31. The van der Waals surface area contributed by atoms with Gasteiger partial charge in [0, 0.05) is 13.7 Å². The van der Waals surface area contributed by atoms with E-state index in [1.54, 1.807) is 5.32 Å². The van der Waals surface area contributed by atoms with Crippen LogP contribution < -0.4 is 5.32 Å². The van der Waals surface area contributed by atoms with Crippen molar-refractivity contribution in [2.75, 3.05) is 13.0 Å². The molecule has 1 aliphatic rings. The third kappa shape index (κ3) is 0.977. The fourth-order valence-corrected chi connectivity index (χ4v) is 0.188. The Kier molecular flexibility index (Phi) is 0.210. The predicted molar refractivity (Wildman–Crippen MR) is 26.7 cm³/mol. The van der Waals surface area contributed by atoms with E-state index in [2.05, 4.69) is 0 Å². The maximum Gasteiger partial charge on any atom is 0.0428 e. The molecule has 0 aromatic carbocycles. The van der Waals surface area contributed by atoms with Crippen molar-refractivity contribution in [1.29, 1.82) is 0 Å². The second kappa shape index (κ2) is 2.19. The van der Waals surface area contributed by atoms with E-state index in [0.29, 0.717) is 0 Å². The van der Waals surface area contributed by atoms with Gasteiger partial charge in [0.05, 0.1) is 0 Å². The summed E-state index contributed by atoms with van der Waals surface area (Å²) < 4.78 is 72.9. The molecule has 36 valence electrons. The van der Waals surface area contributed by atoms with Crippen LogP contribution in [0.3, 0.4) is 0 Å². The van der Waals surface area contributed by atoms with Gasteiger partial charge < -0.3 is 5.32 Å². The van der Waals surface area contributed by atoms with Crippen molar-refractivity contribution >= 4 is 0 Å². The number of hydrogen-bond donors (Lipinski definition) is 1. The molecule has 1 N–H and O–H groups in total. The van der Waals surface area contributed by atoms with Crippen LogP contribution in [0.25, 0.3) is 0 Å². The zero-order valence-corrected chi connectivity index (χ0v) is 3.00. The fraction of sp³-hybridized carbons (Fsp3) is 1.00. The molecule has 1 heteroatoms. The molecule has 6 heavy (non-hydrogen) atoms. The standard InChI is InChI=1S/C5H11N/c1-2-4-6-5-3-1/h6H,1-5H2/i1D2,2D2,3D2,4D2,5D2. The van der Waals surface area contributed by atoms with E-state index in [9.17, 15) is 0 Å². The first-order chi connectivity index (χ1) is 6.71. The van der Waals surface area contributed by atoms with Crippen LogP contribution >= 0.6 is 0 Å². The quantitative estimate of drug-likeness (QED) is 0.468. The van der Waals surface area contributed by atoms with E-state index >= 15 is 0 Å². The largest absolute Gasteiger partial charge is 0.317 e. The molecule has 1 saturated heterocycles. The van der Waals surface area contributed by atoms with Gasteiger partial charge >= 0.3 is 0 Å². The van der Waals surface area contributed by atoms with Gasteiger partial charge in [-0.3, -0.25) is 0 Å². The summed E-state index contributed by atoms with van der Waals surface area (Å²) in [7, 11) is 0. The third-order valence-corrected chi connectivity index (χ3v) is 0.375. The first-order valence-corrected chi connectivity index (χ1v) is 1.50. The van der Waals surface area contributed by atoms with Crippen LogP contribution in [-0.2, 0) is 0 Å². The van der Waals surface area contributed by atoms with Crippen molar-refractivity contribution in [3.8, 4) is 0 Å². The minimum Gasteiger partial charge on any atom is -0.317 e. The van der Waals surface area contributed by atoms with Gasteiger partial charge in [-0.05, 0) is 25.7 Å². The number of hydrogen-bond acceptors (Lipinski definition) is 1. The molecule has 0 aliphatic carbocycles. The van der Waals surface area contributed by atoms with Crippen molar-refractivity contribution < 1.29 is 13.7 Å². The molecule has 0 aromatic heterocycles. The molecule has 0 radical (unpaired) electrons. The molecule has 1 rings (SSSR count). The van der Waals surface area contributed by atoms with E-state index in [-0.39, 0.29) is 0 Å². The van der Waals surface area contributed by atoms with Crippen molar-refractivity contribution in [1.82, 2.24) is 5.32 Å². The monoisotopic (exact) mass is 95.2 g/mol. The highest BCUT2D eigenvalue weighted by molar-refractivity contribution is 4.55. The Labute approximate surface area is 52.8 Å². The Morgan fingerprint density at radius 2 is 1.83 bits per heavy atom. The molecular formula is C5H11N. The second-order valence-corrected chi connectivity index (χ2v) is 0.750. The lowest BCUT2D eigenvalue weighted by atomic mass is 10.2. The Balaban J connectivity index is 3.43. The van der Waals surface area contributed by atoms with Crippen LogP contribution in [0.1, 0.15) is 32.8 Å². The van der Waals surface area contributed by atoms with Crippen LogP contribution in [0.2, 0.25) is 0 Å². The summed E-state index contributed by atoms with van der Waals surface area (Å²) in [5, 5.41) is 1.54. The molecule has 0 spiro atoms. The molecule has 0 saturated carbocycles. The smallest absolute Gasteiger partial charge is 0.0428 e. The van der Waals surface area contributed by atoms with Crippen molar-refractivity contribution in [2.45, 2.75) is 19.1 Å². The topological polar surface area (TPSA) is 12.0 Å². The summed E-state index contributed by atoms with van der Waals surface area (Å²) in [6.45, 7) is -6.02. The number of piperidine rings is 1. The SMILES string of the molecule is [2H]C1([2H])NC([2H])([2H])C([2H])([2H])C([2H])([2H])C1([2H])[2H]. The van der Waals surface area contributed by atoms with E-state index in [0.717, 1.165) is 0 Å². The molecule has 1 nitrogen and oxygen atoms in total. The molecule has 1 fully saturated rings. The summed E-state index contributed by atoms with van der Waals surface area (Å²) in [6, 6.07) is 0. The maximum atomic E-state index is 7.34. The van der Waals surface area contributed by atoms with Gasteiger partial charge in [0.2, 0.25) is 0 Å². The Bertz CT molecular complexity index is 278. The van der Waals surface area contributed by atoms with Crippen molar-refractivity contribution in [3.05, 3.63) is 0 Å². The highest BCUT2D eigenvalue weighted by Crippen LogP contribution is 1.96. The summed E-state index contributed by atoms with van der Waals surface area (Å²) >= 11 is 0. The molecule has 0 bridgehead atoms. The van der Waals surface area contributed by atoms with Crippen LogP contribution in [0, 0.1) is 0 Å². The Morgan fingerprint density at radius 1 is 1.17 bits per heavy atom. The minimum absolute atomic E-state index is 1.54. The Hall–Kier alpha value is -0.0400. The zero-order chi connectivity index (χ0) is 13.2. The van der Waals surface area contributed by atoms with Gasteiger partial charge in [0.15, 0.2) is 0 Å². The van der Waals surface area contributed by atoms with Crippen molar-refractivity contribution in [3.63, 3.8) is 0 Å². The molecule has 0 atom stereocenters. The second-order valence-electron chi connectivity index (χ2n) is 0.750. The van der Waals surface area contributed by atoms with Crippen LogP contribution in [0.5, 0.6) is 0 Å². The zero-order valence-electron chi connectivity index (χ0n) is 13.0. The number of rotatable bonds is 0. The van der Waals surface area contributed by atoms with Crippen LogP contribution in [-0.4, -0.2) is 13.0 Å². The Morgan fingerprint density at radius 3 is 2.50 bits per heavy atom. The first-order valence-electron chi connectivity index (χ1n) is 6.50. The molecule has 0 amide bonds. The molecule has 1 heterocycles. The van der Waals surface area contributed by atoms with Crippen molar-refractivity contribution in [2.24, 2.45) is 0 Å². The third-order valence-electron chi connectivity index (χ3n) is 0.375. The lowest BCUT2D eigenvalue weighted by molar-refractivity contribution is 0.520. The van der Waals surface area contributed by atoms with E-state index in [4.69, 9.17) is 13.7 Å². The van der Waals surface area contributed by atoms with Gasteiger partial charge in [0.25, 0.3) is 0 Å². The highest BCUT2D eigenvalue weighted by atomic mass is 14.9.